The standard InChI is InChI=1S/C10H7F2N5O3/c11-5-1-6(9(12)7(2-5)17(19)20)10(18)13-3-8-14-4-15-16-8/h1-2,4H,3H2,(H,13,18)(H,14,15,16). The number of carbonyl (C=O) groups excluding carboxylic acids is 1. The maximum absolute atomic E-state index is 13.7. The Balaban J connectivity index is 2.23. The first-order valence-electron chi connectivity index (χ1n) is 5.25. The predicted octanol–water partition coefficient (Wildman–Crippen LogP) is 0.921. The zero-order valence-corrected chi connectivity index (χ0v) is 9.76. The topological polar surface area (TPSA) is 114 Å². The van der Waals surface area contributed by atoms with Crippen molar-refractivity contribution in [2.24, 2.45) is 0 Å². The van der Waals surface area contributed by atoms with Crippen LogP contribution in [0.15, 0.2) is 18.5 Å². The second-order valence-corrected chi connectivity index (χ2v) is 3.66. The molecule has 0 aliphatic rings. The molecule has 0 unspecified atom stereocenters. The van der Waals surface area contributed by atoms with Gasteiger partial charge >= 0.3 is 5.69 Å². The molecule has 104 valence electrons. The van der Waals surface area contributed by atoms with Gasteiger partial charge in [0.05, 0.1) is 23.1 Å². The van der Waals surface area contributed by atoms with Gasteiger partial charge in [0.25, 0.3) is 5.91 Å². The van der Waals surface area contributed by atoms with Crippen molar-refractivity contribution < 1.29 is 18.5 Å². The predicted molar refractivity (Wildman–Crippen MR) is 60.6 cm³/mol. The highest BCUT2D eigenvalue weighted by atomic mass is 19.1. The van der Waals surface area contributed by atoms with Gasteiger partial charge in [-0.25, -0.2) is 9.37 Å². The summed E-state index contributed by atoms with van der Waals surface area (Å²) < 4.78 is 26.9. The summed E-state index contributed by atoms with van der Waals surface area (Å²) in [6, 6.07) is 0.987. The van der Waals surface area contributed by atoms with E-state index in [0.29, 0.717) is 18.0 Å². The smallest absolute Gasteiger partial charge is 0.308 e. The Labute approximate surface area is 110 Å². The molecule has 20 heavy (non-hydrogen) atoms. The quantitative estimate of drug-likeness (QED) is 0.639. The SMILES string of the molecule is O=C(NCc1ncn[nH]1)c1cc(F)cc([N+](=O)[O-])c1F. The first kappa shape index (κ1) is 13.5. The Hall–Kier alpha value is -2.91. The first-order valence-corrected chi connectivity index (χ1v) is 5.25. The number of aromatic amines is 1. The molecule has 2 N–H and O–H groups in total. The van der Waals surface area contributed by atoms with Gasteiger partial charge in [0.1, 0.15) is 18.0 Å². The van der Waals surface area contributed by atoms with E-state index in [0.717, 1.165) is 0 Å². The van der Waals surface area contributed by atoms with Crippen LogP contribution in [0.4, 0.5) is 14.5 Å². The fourth-order valence-corrected chi connectivity index (χ4v) is 1.45. The molecule has 0 saturated heterocycles. The zero-order valence-electron chi connectivity index (χ0n) is 9.76. The number of nitro benzene ring substituents is 1. The van der Waals surface area contributed by atoms with Crippen molar-refractivity contribution in [3.63, 3.8) is 0 Å². The van der Waals surface area contributed by atoms with Crippen LogP contribution < -0.4 is 5.32 Å². The fourth-order valence-electron chi connectivity index (χ4n) is 1.45. The number of carbonyl (C=O) groups is 1. The number of amides is 1. The highest BCUT2D eigenvalue weighted by molar-refractivity contribution is 5.95. The number of nitro groups is 1. The molecule has 2 rings (SSSR count). The number of nitrogens with one attached hydrogen (secondary N) is 2. The summed E-state index contributed by atoms with van der Waals surface area (Å²) in [6.07, 6.45) is 1.20. The van der Waals surface area contributed by atoms with Gasteiger partial charge in [0, 0.05) is 0 Å². The van der Waals surface area contributed by atoms with E-state index in [-0.39, 0.29) is 6.54 Å². The average molecular weight is 283 g/mol. The van der Waals surface area contributed by atoms with E-state index >= 15 is 0 Å². The van der Waals surface area contributed by atoms with Crippen LogP contribution in [0.5, 0.6) is 0 Å². The van der Waals surface area contributed by atoms with E-state index in [9.17, 15) is 23.7 Å². The summed E-state index contributed by atoms with van der Waals surface area (Å²) in [5, 5.41) is 18.7. The van der Waals surface area contributed by atoms with Crippen LogP contribution in [-0.4, -0.2) is 26.0 Å². The van der Waals surface area contributed by atoms with Gasteiger partial charge in [-0.2, -0.15) is 9.49 Å². The van der Waals surface area contributed by atoms with Crippen LogP contribution in [0.1, 0.15) is 16.2 Å². The van der Waals surface area contributed by atoms with E-state index in [2.05, 4.69) is 20.5 Å². The zero-order chi connectivity index (χ0) is 14.7. The lowest BCUT2D eigenvalue weighted by Gasteiger charge is -2.05. The Kier molecular flexibility index (Phi) is 3.64. The third-order valence-electron chi connectivity index (χ3n) is 2.34. The number of nitrogens with zero attached hydrogens (tertiary/aromatic N) is 3. The van der Waals surface area contributed by atoms with Gasteiger partial charge < -0.3 is 5.32 Å². The minimum absolute atomic E-state index is 0.109. The van der Waals surface area contributed by atoms with Crippen LogP contribution in [0.3, 0.4) is 0 Å². The molecule has 1 aromatic carbocycles. The number of hydrogen-bond donors (Lipinski definition) is 2. The molecule has 10 heteroatoms. The highest BCUT2D eigenvalue weighted by Crippen LogP contribution is 2.22. The van der Waals surface area contributed by atoms with Crippen LogP contribution in [0.2, 0.25) is 0 Å². The highest BCUT2D eigenvalue weighted by Gasteiger charge is 2.24. The third kappa shape index (κ3) is 2.74. The monoisotopic (exact) mass is 283 g/mol. The van der Waals surface area contributed by atoms with Crippen molar-refractivity contribution in [2.45, 2.75) is 6.54 Å². The average Bonchev–Trinajstić information content (AvgIpc) is 2.91. The van der Waals surface area contributed by atoms with E-state index in [1.807, 2.05) is 0 Å². The molecule has 1 aromatic heterocycles. The van der Waals surface area contributed by atoms with Crippen LogP contribution in [-0.2, 0) is 6.54 Å². The maximum atomic E-state index is 13.7. The van der Waals surface area contributed by atoms with Gasteiger partial charge in [-0.15, -0.1) is 0 Å². The van der Waals surface area contributed by atoms with Crippen molar-refractivity contribution in [3.05, 3.63) is 51.6 Å². The normalized spacial score (nSPS) is 10.3. The van der Waals surface area contributed by atoms with Gasteiger partial charge in [0.2, 0.25) is 5.82 Å². The fraction of sp³-hybridized carbons (Fsp3) is 0.100. The third-order valence-corrected chi connectivity index (χ3v) is 2.34. The maximum Gasteiger partial charge on any atom is 0.308 e. The van der Waals surface area contributed by atoms with E-state index in [1.54, 1.807) is 0 Å². The van der Waals surface area contributed by atoms with Gasteiger partial charge in [-0.05, 0) is 6.07 Å². The van der Waals surface area contributed by atoms with Crippen molar-refractivity contribution >= 4 is 11.6 Å². The molecular formula is C10H7F2N5O3. The van der Waals surface area contributed by atoms with Gasteiger partial charge in [-0.3, -0.25) is 20.0 Å². The van der Waals surface area contributed by atoms with Crippen molar-refractivity contribution in [3.8, 4) is 0 Å². The first-order chi connectivity index (χ1) is 9.49. The molecule has 0 aliphatic heterocycles. The Morgan fingerprint density at radius 2 is 2.20 bits per heavy atom. The van der Waals surface area contributed by atoms with Gasteiger partial charge in [-0.1, -0.05) is 0 Å². The van der Waals surface area contributed by atoms with E-state index in [1.165, 1.54) is 6.33 Å². The lowest BCUT2D eigenvalue weighted by Crippen LogP contribution is -2.25. The molecule has 0 atom stereocenters. The molecular weight excluding hydrogens is 276 g/mol. The number of hydrogen-bond acceptors (Lipinski definition) is 5. The lowest BCUT2D eigenvalue weighted by molar-refractivity contribution is -0.387. The largest absolute Gasteiger partial charge is 0.345 e. The minimum Gasteiger partial charge on any atom is -0.345 e. The number of halogens is 2. The second-order valence-electron chi connectivity index (χ2n) is 3.66. The number of H-pyrrole nitrogens is 1. The molecule has 8 nitrogen and oxygen atoms in total. The number of rotatable bonds is 4. The van der Waals surface area contributed by atoms with Crippen molar-refractivity contribution in [1.29, 1.82) is 0 Å². The second kappa shape index (κ2) is 5.38. The molecule has 1 heterocycles. The molecule has 2 aromatic rings. The summed E-state index contributed by atoms with van der Waals surface area (Å²) >= 11 is 0. The summed E-state index contributed by atoms with van der Waals surface area (Å²) in [5.41, 5.74) is -1.86. The molecule has 0 fully saturated rings. The van der Waals surface area contributed by atoms with Crippen LogP contribution in [0, 0.1) is 21.7 Å². The van der Waals surface area contributed by atoms with Crippen molar-refractivity contribution in [1.82, 2.24) is 20.5 Å². The summed E-state index contributed by atoms with van der Waals surface area (Å²) in [4.78, 5) is 24.8. The van der Waals surface area contributed by atoms with E-state index < -0.39 is 33.7 Å². The lowest BCUT2D eigenvalue weighted by atomic mass is 10.1. The summed E-state index contributed by atoms with van der Waals surface area (Å²) in [6.45, 7) is -0.109. The number of aromatic nitrogens is 3. The molecule has 0 bridgehead atoms. The van der Waals surface area contributed by atoms with Crippen LogP contribution >= 0.6 is 0 Å². The Bertz CT molecular complexity index is 659. The molecule has 0 aliphatic carbocycles. The Morgan fingerprint density at radius 1 is 1.45 bits per heavy atom. The Morgan fingerprint density at radius 3 is 2.80 bits per heavy atom. The molecule has 0 radical (unpaired) electrons. The van der Waals surface area contributed by atoms with Crippen LogP contribution in [0.25, 0.3) is 0 Å². The van der Waals surface area contributed by atoms with Crippen molar-refractivity contribution in [2.75, 3.05) is 0 Å². The molecule has 1 amide bonds. The minimum atomic E-state index is -1.40. The summed E-state index contributed by atoms with van der Waals surface area (Å²) in [5.74, 6) is -3.18. The molecule has 0 saturated carbocycles. The van der Waals surface area contributed by atoms with E-state index in [4.69, 9.17) is 0 Å². The van der Waals surface area contributed by atoms with Gasteiger partial charge in [0.15, 0.2) is 0 Å². The summed E-state index contributed by atoms with van der Waals surface area (Å²) in [7, 11) is 0. The number of benzene rings is 1. The molecule has 0 spiro atoms.